The van der Waals surface area contributed by atoms with Gasteiger partial charge in [0.15, 0.2) is 5.78 Å². The van der Waals surface area contributed by atoms with Gasteiger partial charge >= 0.3 is 0 Å². The summed E-state index contributed by atoms with van der Waals surface area (Å²) < 4.78 is 1.89. The molecule has 0 spiro atoms. The zero-order valence-corrected chi connectivity index (χ0v) is 10.3. The maximum absolute atomic E-state index is 11.9. The van der Waals surface area contributed by atoms with Crippen LogP contribution in [-0.2, 0) is 13.0 Å². The quantitative estimate of drug-likeness (QED) is 0.762. The van der Waals surface area contributed by atoms with Crippen molar-refractivity contribution in [2.75, 3.05) is 0 Å². The summed E-state index contributed by atoms with van der Waals surface area (Å²) in [5.74, 6) is 0.171. The van der Waals surface area contributed by atoms with Gasteiger partial charge in [-0.2, -0.15) is 5.10 Å². The molecule has 2 heterocycles. The molecule has 0 aromatic carbocycles. The smallest absolute Gasteiger partial charge is 0.178 e. The zero-order chi connectivity index (χ0) is 11.5. The number of nitrogens with zero attached hydrogens (tertiary/aromatic N) is 2. The molecule has 0 aliphatic carbocycles. The third kappa shape index (κ3) is 2.22. The maximum atomic E-state index is 11.9. The Bertz CT molecular complexity index is 485. The van der Waals surface area contributed by atoms with Gasteiger partial charge < -0.3 is 0 Å². The number of aromatic nitrogens is 2. The number of carbonyl (C=O) groups is 1. The van der Waals surface area contributed by atoms with E-state index < -0.39 is 0 Å². The summed E-state index contributed by atoms with van der Waals surface area (Å²) in [6.45, 7) is 4.79. The number of hydrogen-bond donors (Lipinski definition) is 0. The van der Waals surface area contributed by atoms with Crippen molar-refractivity contribution in [2.24, 2.45) is 0 Å². The van der Waals surface area contributed by atoms with Crippen LogP contribution in [0.3, 0.4) is 0 Å². The first-order chi connectivity index (χ1) is 7.70. The second-order valence-corrected chi connectivity index (χ2v) is 4.62. The second-order valence-electron chi connectivity index (χ2n) is 3.67. The molecule has 0 unspecified atom stereocenters. The van der Waals surface area contributed by atoms with Crippen LogP contribution in [0.2, 0.25) is 0 Å². The van der Waals surface area contributed by atoms with Crippen LogP contribution in [0.5, 0.6) is 0 Å². The molecule has 2 aromatic heterocycles. The Labute approximate surface area is 98.7 Å². The molecule has 3 nitrogen and oxygen atoms in total. The Morgan fingerprint density at radius 2 is 2.38 bits per heavy atom. The van der Waals surface area contributed by atoms with Crippen LogP contribution in [0.25, 0.3) is 0 Å². The van der Waals surface area contributed by atoms with Crippen LogP contribution in [0.4, 0.5) is 0 Å². The molecule has 0 amide bonds. The first kappa shape index (κ1) is 11.1. The van der Waals surface area contributed by atoms with Crippen LogP contribution in [0.1, 0.15) is 28.0 Å². The largest absolute Gasteiger partial charge is 0.293 e. The number of rotatable bonds is 4. The van der Waals surface area contributed by atoms with Crippen molar-refractivity contribution in [2.45, 2.75) is 26.8 Å². The highest BCUT2D eigenvalue weighted by Gasteiger charge is 2.12. The average Bonchev–Trinajstić information content (AvgIpc) is 2.87. The van der Waals surface area contributed by atoms with Crippen molar-refractivity contribution in [1.29, 1.82) is 0 Å². The third-order valence-electron chi connectivity index (χ3n) is 2.42. The fourth-order valence-electron chi connectivity index (χ4n) is 1.70. The molecule has 4 heteroatoms. The van der Waals surface area contributed by atoms with Gasteiger partial charge in [0.25, 0.3) is 0 Å². The third-order valence-corrected chi connectivity index (χ3v) is 3.33. The molecule has 2 aromatic rings. The highest BCUT2D eigenvalue weighted by molar-refractivity contribution is 7.12. The van der Waals surface area contributed by atoms with Gasteiger partial charge in [0.1, 0.15) is 0 Å². The Morgan fingerprint density at radius 3 is 3.00 bits per heavy atom. The van der Waals surface area contributed by atoms with E-state index in [0.717, 1.165) is 22.8 Å². The minimum absolute atomic E-state index is 0.171. The van der Waals surface area contributed by atoms with Crippen molar-refractivity contribution < 1.29 is 4.79 Å². The molecule has 0 atom stereocenters. The Kier molecular flexibility index (Phi) is 3.19. The van der Waals surface area contributed by atoms with Gasteiger partial charge in [-0.3, -0.25) is 9.48 Å². The average molecular weight is 234 g/mol. The van der Waals surface area contributed by atoms with E-state index >= 15 is 0 Å². The van der Waals surface area contributed by atoms with Gasteiger partial charge in [0, 0.05) is 12.2 Å². The van der Waals surface area contributed by atoms with Gasteiger partial charge in [-0.05, 0) is 31.4 Å². The van der Waals surface area contributed by atoms with Crippen LogP contribution in [0, 0.1) is 6.92 Å². The summed E-state index contributed by atoms with van der Waals surface area (Å²) in [6.07, 6.45) is 0.440. The van der Waals surface area contributed by atoms with Crippen LogP contribution in [-0.4, -0.2) is 15.6 Å². The number of carbonyl (C=O) groups excluding carboxylic acids is 1. The molecule has 0 bridgehead atoms. The van der Waals surface area contributed by atoms with Gasteiger partial charge in [-0.15, -0.1) is 11.3 Å². The molecule has 0 radical (unpaired) electrons. The van der Waals surface area contributed by atoms with Crippen molar-refractivity contribution in [3.05, 3.63) is 39.8 Å². The summed E-state index contributed by atoms with van der Waals surface area (Å²) >= 11 is 1.49. The summed E-state index contributed by atoms with van der Waals surface area (Å²) in [5, 5.41) is 6.26. The molecule has 2 rings (SSSR count). The van der Waals surface area contributed by atoms with Crippen molar-refractivity contribution >= 4 is 17.1 Å². The van der Waals surface area contributed by atoms with E-state index in [9.17, 15) is 4.79 Å². The predicted molar refractivity (Wildman–Crippen MR) is 65.0 cm³/mol. The van der Waals surface area contributed by atoms with E-state index in [-0.39, 0.29) is 5.78 Å². The molecular weight excluding hydrogens is 220 g/mol. The molecule has 0 aliphatic rings. The van der Waals surface area contributed by atoms with E-state index in [1.807, 2.05) is 42.1 Å². The summed E-state index contributed by atoms with van der Waals surface area (Å²) in [5.41, 5.74) is 1.97. The van der Waals surface area contributed by atoms with Crippen LogP contribution >= 0.6 is 11.3 Å². The zero-order valence-electron chi connectivity index (χ0n) is 9.43. The lowest BCUT2D eigenvalue weighted by molar-refractivity contribution is 0.0994. The second kappa shape index (κ2) is 4.61. The first-order valence-electron chi connectivity index (χ1n) is 5.30. The van der Waals surface area contributed by atoms with E-state index in [4.69, 9.17) is 0 Å². The minimum Gasteiger partial charge on any atom is -0.293 e. The van der Waals surface area contributed by atoms with Crippen molar-refractivity contribution in [3.63, 3.8) is 0 Å². The SMILES string of the molecule is CCn1nc(C)cc1CC(=O)c1cccs1. The fraction of sp³-hybridized carbons (Fsp3) is 0.333. The number of Topliss-reactive ketones (excluding diaryl/α,β-unsaturated/α-hetero) is 1. The molecule has 16 heavy (non-hydrogen) atoms. The molecule has 0 saturated carbocycles. The van der Waals surface area contributed by atoms with Crippen LogP contribution < -0.4 is 0 Å². The number of aryl methyl sites for hydroxylation is 2. The van der Waals surface area contributed by atoms with Crippen LogP contribution in [0.15, 0.2) is 23.6 Å². The molecular formula is C12H14N2OS. The normalized spacial score (nSPS) is 10.6. The summed E-state index contributed by atoms with van der Waals surface area (Å²) in [4.78, 5) is 12.7. The van der Waals surface area contributed by atoms with E-state index in [2.05, 4.69) is 5.10 Å². The summed E-state index contributed by atoms with van der Waals surface area (Å²) in [6, 6.07) is 5.75. The lowest BCUT2D eigenvalue weighted by Crippen LogP contribution is -2.08. The number of ketones is 1. The number of thiophene rings is 1. The minimum atomic E-state index is 0.171. The highest BCUT2D eigenvalue weighted by atomic mass is 32.1. The van der Waals surface area contributed by atoms with E-state index in [0.29, 0.717) is 6.42 Å². The maximum Gasteiger partial charge on any atom is 0.178 e. The highest BCUT2D eigenvalue weighted by Crippen LogP contribution is 2.13. The lowest BCUT2D eigenvalue weighted by atomic mass is 10.2. The molecule has 0 fully saturated rings. The fourth-order valence-corrected chi connectivity index (χ4v) is 2.37. The topological polar surface area (TPSA) is 34.9 Å². The van der Waals surface area contributed by atoms with Crippen molar-refractivity contribution in [3.8, 4) is 0 Å². The predicted octanol–water partition coefficient (Wildman–Crippen LogP) is 2.70. The van der Waals surface area contributed by atoms with Gasteiger partial charge in [0.05, 0.1) is 17.0 Å². The Hall–Kier alpha value is -1.42. The standard InChI is InChI=1S/C12H14N2OS/c1-3-14-10(7-9(2)13-14)8-11(15)12-5-4-6-16-12/h4-7H,3,8H2,1-2H3. The lowest BCUT2D eigenvalue weighted by Gasteiger charge is -2.02. The molecule has 0 N–H and O–H groups in total. The summed E-state index contributed by atoms with van der Waals surface area (Å²) in [7, 11) is 0. The van der Waals surface area contributed by atoms with Gasteiger partial charge in [-0.25, -0.2) is 0 Å². The molecule has 84 valence electrons. The Balaban J connectivity index is 2.17. The number of hydrogen-bond acceptors (Lipinski definition) is 3. The Morgan fingerprint density at radius 1 is 1.56 bits per heavy atom. The van der Waals surface area contributed by atoms with Gasteiger partial charge in [-0.1, -0.05) is 6.07 Å². The first-order valence-corrected chi connectivity index (χ1v) is 6.18. The molecule has 0 saturated heterocycles. The molecule has 0 aliphatic heterocycles. The van der Waals surface area contributed by atoms with Gasteiger partial charge in [0.2, 0.25) is 0 Å². The van der Waals surface area contributed by atoms with Crippen molar-refractivity contribution in [1.82, 2.24) is 9.78 Å². The van der Waals surface area contributed by atoms with E-state index in [1.54, 1.807) is 0 Å². The monoisotopic (exact) mass is 234 g/mol. The van der Waals surface area contributed by atoms with E-state index in [1.165, 1.54) is 11.3 Å².